The number of fused-ring (bicyclic) bond motifs is 1. The molecule has 0 aliphatic carbocycles. The van der Waals surface area contributed by atoms with Gasteiger partial charge < -0.3 is 9.88 Å². The number of imidazole rings is 1. The van der Waals surface area contributed by atoms with Crippen molar-refractivity contribution in [1.29, 1.82) is 0 Å². The average molecular weight is 151 g/mol. The minimum absolute atomic E-state index is 0.979. The summed E-state index contributed by atoms with van der Waals surface area (Å²) in [6.45, 7) is 5.29. The zero-order valence-corrected chi connectivity index (χ0v) is 6.80. The molecule has 3 nitrogen and oxygen atoms in total. The molecule has 0 fully saturated rings. The Morgan fingerprint density at radius 2 is 2.64 bits per heavy atom. The molecule has 11 heavy (non-hydrogen) atoms. The highest BCUT2D eigenvalue weighted by Crippen LogP contribution is 2.08. The smallest absolute Gasteiger partial charge is 0.108 e. The summed E-state index contributed by atoms with van der Waals surface area (Å²) >= 11 is 0. The number of aromatic nitrogens is 2. The summed E-state index contributed by atoms with van der Waals surface area (Å²) in [6.07, 6.45) is 3.02. The topological polar surface area (TPSA) is 29.9 Å². The molecule has 0 spiro atoms. The Morgan fingerprint density at radius 1 is 1.73 bits per heavy atom. The van der Waals surface area contributed by atoms with E-state index in [1.165, 1.54) is 11.5 Å². The minimum Gasteiger partial charge on any atom is -0.330 e. The third-order valence-corrected chi connectivity index (χ3v) is 2.16. The Morgan fingerprint density at radius 3 is 3.45 bits per heavy atom. The number of nitrogens with zero attached hydrogens (tertiary/aromatic N) is 2. The molecule has 1 aromatic rings. The van der Waals surface area contributed by atoms with E-state index >= 15 is 0 Å². The predicted molar refractivity (Wildman–Crippen MR) is 43.3 cm³/mol. The van der Waals surface area contributed by atoms with E-state index in [0.29, 0.717) is 0 Å². The molecule has 0 amide bonds. The van der Waals surface area contributed by atoms with Gasteiger partial charge in [-0.3, -0.25) is 0 Å². The molecule has 1 N–H and O–H groups in total. The SMILES string of the molecule is CCc1ncc2n1CCNC2. The van der Waals surface area contributed by atoms with Crippen molar-refractivity contribution < 1.29 is 0 Å². The summed E-state index contributed by atoms with van der Waals surface area (Å²) in [6, 6.07) is 0. The molecule has 3 heteroatoms. The van der Waals surface area contributed by atoms with Gasteiger partial charge in [0.25, 0.3) is 0 Å². The van der Waals surface area contributed by atoms with Crippen molar-refractivity contribution in [3.63, 3.8) is 0 Å². The number of nitrogens with one attached hydrogen (secondary N) is 1. The van der Waals surface area contributed by atoms with E-state index in [9.17, 15) is 0 Å². The second-order valence-corrected chi connectivity index (χ2v) is 2.85. The van der Waals surface area contributed by atoms with Gasteiger partial charge in [-0.05, 0) is 0 Å². The summed E-state index contributed by atoms with van der Waals surface area (Å²) in [5.41, 5.74) is 1.33. The molecule has 0 unspecified atom stereocenters. The Kier molecular flexibility index (Phi) is 1.66. The van der Waals surface area contributed by atoms with Crippen molar-refractivity contribution in [3.05, 3.63) is 17.7 Å². The molecule has 2 rings (SSSR count). The molecule has 0 radical (unpaired) electrons. The van der Waals surface area contributed by atoms with Crippen LogP contribution >= 0.6 is 0 Å². The number of hydrogen-bond acceptors (Lipinski definition) is 2. The standard InChI is InChI=1S/C8H13N3/c1-2-8-10-6-7-5-9-3-4-11(7)8/h6,9H,2-5H2,1H3. The zero-order chi connectivity index (χ0) is 7.68. The molecule has 0 aromatic carbocycles. The monoisotopic (exact) mass is 151 g/mol. The van der Waals surface area contributed by atoms with Crippen molar-refractivity contribution in [1.82, 2.24) is 14.9 Å². The number of aryl methyl sites for hydroxylation is 1. The van der Waals surface area contributed by atoms with Crippen LogP contribution in [-0.2, 0) is 19.5 Å². The van der Waals surface area contributed by atoms with Gasteiger partial charge >= 0.3 is 0 Å². The largest absolute Gasteiger partial charge is 0.330 e. The van der Waals surface area contributed by atoms with Crippen LogP contribution in [0.25, 0.3) is 0 Å². The minimum atomic E-state index is 0.979. The van der Waals surface area contributed by atoms with Crippen molar-refractivity contribution in [2.45, 2.75) is 26.4 Å². The van der Waals surface area contributed by atoms with Crippen LogP contribution in [0.5, 0.6) is 0 Å². The molecule has 0 atom stereocenters. The first-order valence-electron chi connectivity index (χ1n) is 4.16. The molecule has 0 saturated heterocycles. The van der Waals surface area contributed by atoms with E-state index < -0.39 is 0 Å². The fourth-order valence-corrected chi connectivity index (χ4v) is 1.56. The van der Waals surface area contributed by atoms with E-state index in [1.54, 1.807) is 0 Å². The van der Waals surface area contributed by atoms with Gasteiger partial charge in [-0.2, -0.15) is 0 Å². The third kappa shape index (κ3) is 1.05. The van der Waals surface area contributed by atoms with Crippen LogP contribution in [-0.4, -0.2) is 16.1 Å². The van der Waals surface area contributed by atoms with E-state index in [4.69, 9.17) is 0 Å². The van der Waals surface area contributed by atoms with Crippen LogP contribution in [0.3, 0.4) is 0 Å². The normalized spacial score (nSPS) is 16.5. The van der Waals surface area contributed by atoms with Gasteiger partial charge in [0, 0.05) is 32.3 Å². The maximum absolute atomic E-state index is 4.34. The third-order valence-electron chi connectivity index (χ3n) is 2.16. The van der Waals surface area contributed by atoms with Gasteiger partial charge in [0.2, 0.25) is 0 Å². The first kappa shape index (κ1) is 6.85. The van der Waals surface area contributed by atoms with Crippen molar-refractivity contribution in [3.8, 4) is 0 Å². The highest BCUT2D eigenvalue weighted by Gasteiger charge is 2.10. The predicted octanol–water partition coefficient (Wildman–Crippen LogP) is 0.549. The molecule has 0 saturated carbocycles. The molecule has 1 aliphatic rings. The molecular weight excluding hydrogens is 138 g/mol. The zero-order valence-electron chi connectivity index (χ0n) is 6.80. The van der Waals surface area contributed by atoms with Crippen molar-refractivity contribution in [2.75, 3.05) is 6.54 Å². The molecule has 1 aromatic heterocycles. The van der Waals surface area contributed by atoms with Crippen LogP contribution in [0.1, 0.15) is 18.4 Å². The lowest BCUT2D eigenvalue weighted by Crippen LogP contribution is -2.28. The maximum atomic E-state index is 4.34. The second kappa shape index (κ2) is 2.66. The van der Waals surface area contributed by atoms with E-state index in [-0.39, 0.29) is 0 Å². The lowest BCUT2D eigenvalue weighted by molar-refractivity contribution is 0.502. The van der Waals surface area contributed by atoms with Crippen molar-refractivity contribution in [2.24, 2.45) is 0 Å². The van der Waals surface area contributed by atoms with Gasteiger partial charge in [-0.1, -0.05) is 6.92 Å². The van der Waals surface area contributed by atoms with Crippen LogP contribution in [0, 0.1) is 0 Å². The Bertz CT molecular complexity index is 238. The summed E-state index contributed by atoms with van der Waals surface area (Å²) in [5.74, 6) is 1.22. The van der Waals surface area contributed by atoms with Crippen LogP contribution in [0.15, 0.2) is 6.20 Å². The molecule has 0 bridgehead atoms. The summed E-state index contributed by atoms with van der Waals surface area (Å²) in [7, 11) is 0. The molecule has 1 aliphatic heterocycles. The van der Waals surface area contributed by atoms with Gasteiger partial charge in [-0.15, -0.1) is 0 Å². The lowest BCUT2D eigenvalue weighted by atomic mass is 10.3. The van der Waals surface area contributed by atoms with Crippen LogP contribution in [0.4, 0.5) is 0 Å². The number of hydrogen-bond donors (Lipinski definition) is 1. The quantitative estimate of drug-likeness (QED) is 0.635. The summed E-state index contributed by atoms with van der Waals surface area (Å²) in [5, 5.41) is 3.32. The Labute approximate surface area is 66.4 Å². The maximum Gasteiger partial charge on any atom is 0.108 e. The van der Waals surface area contributed by atoms with E-state index in [0.717, 1.165) is 26.1 Å². The van der Waals surface area contributed by atoms with Gasteiger partial charge in [0.15, 0.2) is 0 Å². The highest BCUT2D eigenvalue weighted by molar-refractivity contribution is 5.07. The summed E-state index contributed by atoms with van der Waals surface area (Å²) in [4.78, 5) is 4.34. The molecule has 60 valence electrons. The van der Waals surface area contributed by atoms with Gasteiger partial charge in [0.1, 0.15) is 5.82 Å². The highest BCUT2D eigenvalue weighted by atomic mass is 15.1. The fraction of sp³-hybridized carbons (Fsp3) is 0.625. The number of rotatable bonds is 1. The van der Waals surface area contributed by atoms with Crippen LogP contribution < -0.4 is 5.32 Å². The second-order valence-electron chi connectivity index (χ2n) is 2.85. The summed E-state index contributed by atoms with van der Waals surface area (Å²) < 4.78 is 2.32. The first-order valence-corrected chi connectivity index (χ1v) is 4.16. The van der Waals surface area contributed by atoms with Gasteiger partial charge in [-0.25, -0.2) is 4.98 Å². The average Bonchev–Trinajstić information content (AvgIpc) is 2.47. The van der Waals surface area contributed by atoms with Gasteiger partial charge in [0.05, 0.1) is 5.69 Å². The van der Waals surface area contributed by atoms with Crippen LogP contribution in [0.2, 0.25) is 0 Å². The fourth-order valence-electron chi connectivity index (χ4n) is 1.56. The first-order chi connectivity index (χ1) is 5.42. The molecular formula is C8H13N3. The van der Waals surface area contributed by atoms with E-state index in [2.05, 4.69) is 21.8 Å². The lowest BCUT2D eigenvalue weighted by Gasteiger charge is -2.17. The Balaban J connectivity index is 2.38. The van der Waals surface area contributed by atoms with E-state index in [1.807, 2.05) is 6.20 Å². The molecule has 2 heterocycles. The van der Waals surface area contributed by atoms with Crippen molar-refractivity contribution >= 4 is 0 Å². The Hall–Kier alpha value is -0.830.